The SMILES string of the molecule is CCOC(=O)c1sc(NC(=O)C(C)OC(=O)c2ccc(-c3nc(C)c(C)[nH]3)cc2)c(C(=O)OC)c1C. The van der Waals surface area contributed by atoms with Crippen LogP contribution in [0.4, 0.5) is 5.00 Å². The molecule has 0 spiro atoms. The maximum absolute atomic E-state index is 12.8. The van der Waals surface area contributed by atoms with Crippen molar-refractivity contribution < 1.29 is 33.4 Å². The molecule has 0 aliphatic rings. The van der Waals surface area contributed by atoms with Gasteiger partial charge >= 0.3 is 17.9 Å². The van der Waals surface area contributed by atoms with Crippen LogP contribution in [0.15, 0.2) is 24.3 Å². The summed E-state index contributed by atoms with van der Waals surface area (Å²) in [5.74, 6) is -2.02. The predicted molar refractivity (Wildman–Crippen MR) is 133 cm³/mol. The second-order valence-electron chi connectivity index (χ2n) is 7.88. The third kappa shape index (κ3) is 5.62. The molecule has 0 aliphatic carbocycles. The van der Waals surface area contributed by atoms with E-state index in [4.69, 9.17) is 14.2 Å². The lowest BCUT2D eigenvalue weighted by Crippen LogP contribution is -2.30. The number of anilines is 1. The molecule has 0 fully saturated rings. The van der Waals surface area contributed by atoms with E-state index in [2.05, 4.69) is 15.3 Å². The van der Waals surface area contributed by atoms with Crippen LogP contribution in [0.1, 0.15) is 61.2 Å². The van der Waals surface area contributed by atoms with E-state index in [0.717, 1.165) is 28.3 Å². The predicted octanol–water partition coefficient (Wildman–Crippen LogP) is 4.21. The van der Waals surface area contributed by atoms with Gasteiger partial charge < -0.3 is 24.5 Å². The Balaban J connectivity index is 1.72. The summed E-state index contributed by atoms with van der Waals surface area (Å²) in [5, 5.41) is 2.66. The van der Waals surface area contributed by atoms with Crippen LogP contribution in [-0.4, -0.2) is 53.6 Å². The number of nitrogens with zero attached hydrogens (tertiary/aromatic N) is 1. The van der Waals surface area contributed by atoms with E-state index in [1.54, 1.807) is 38.1 Å². The molecule has 3 rings (SSSR count). The van der Waals surface area contributed by atoms with Gasteiger partial charge in [0, 0.05) is 11.3 Å². The smallest absolute Gasteiger partial charge is 0.348 e. The number of amides is 1. The van der Waals surface area contributed by atoms with Gasteiger partial charge in [-0.1, -0.05) is 12.1 Å². The number of hydrogen-bond acceptors (Lipinski definition) is 9. The molecular formula is C25H27N3O7S. The maximum Gasteiger partial charge on any atom is 0.348 e. The number of hydrogen-bond donors (Lipinski definition) is 2. The van der Waals surface area contributed by atoms with Crippen LogP contribution < -0.4 is 5.32 Å². The standard InChI is InChI=1S/C25H27N3O7S/c1-7-34-25(32)19-12(2)18(24(31)33-6)22(36-19)28-21(29)15(5)35-23(30)17-10-8-16(9-11-17)20-26-13(3)14(4)27-20/h8-11,15H,7H2,1-6H3,(H,26,27)(H,28,29). The molecule has 3 aromatic rings. The number of aromatic nitrogens is 2. The van der Waals surface area contributed by atoms with Crippen LogP contribution in [0, 0.1) is 20.8 Å². The van der Waals surface area contributed by atoms with E-state index in [1.807, 2.05) is 13.8 Å². The molecule has 1 aromatic carbocycles. The lowest BCUT2D eigenvalue weighted by atomic mass is 10.1. The molecule has 0 radical (unpaired) electrons. The zero-order valence-corrected chi connectivity index (χ0v) is 21.6. The van der Waals surface area contributed by atoms with Crippen molar-refractivity contribution in [2.45, 2.75) is 40.7 Å². The molecule has 0 saturated carbocycles. The van der Waals surface area contributed by atoms with E-state index < -0.39 is 29.9 Å². The topological polar surface area (TPSA) is 137 Å². The van der Waals surface area contributed by atoms with E-state index in [-0.39, 0.29) is 27.6 Å². The van der Waals surface area contributed by atoms with Crippen molar-refractivity contribution in [3.63, 3.8) is 0 Å². The minimum absolute atomic E-state index is 0.0384. The van der Waals surface area contributed by atoms with Gasteiger partial charge in [-0.2, -0.15) is 0 Å². The molecule has 1 atom stereocenters. The number of esters is 3. The highest BCUT2D eigenvalue weighted by atomic mass is 32.1. The highest BCUT2D eigenvalue weighted by molar-refractivity contribution is 7.18. The number of aryl methyl sites for hydroxylation is 2. The second-order valence-corrected chi connectivity index (χ2v) is 8.90. The molecule has 10 nitrogen and oxygen atoms in total. The van der Waals surface area contributed by atoms with Crippen molar-refractivity contribution in [1.29, 1.82) is 0 Å². The van der Waals surface area contributed by atoms with Gasteiger partial charge in [-0.15, -0.1) is 11.3 Å². The fourth-order valence-corrected chi connectivity index (χ4v) is 4.38. The van der Waals surface area contributed by atoms with Crippen LogP contribution in [0.2, 0.25) is 0 Å². The van der Waals surface area contributed by atoms with Crippen LogP contribution >= 0.6 is 11.3 Å². The van der Waals surface area contributed by atoms with Crippen LogP contribution in [-0.2, 0) is 19.0 Å². The van der Waals surface area contributed by atoms with E-state index in [1.165, 1.54) is 14.0 Å². The van der Waals surface area contributed by atoms with Gasteiger partial charge in [-0.3, -0.25) is 4.79 Å². The summed E-state index contributed by atoms with van der Waals surface area (Å²) in [5.41, 5.74) is 3.27. The number of ether oxygens (including phenoxy) is 3. The first-order chi connectivity index (χ1) is 17.1. The molecule has 1 amide bonds. The average molecular weight is 514 g/mol. The van der Waals surface area contributed by atoms with Crippen LogP contribution in [0.5, 0.6) is 0 Å². The fraction of sp³-hybridized carbons (Fsp3) is 0.320. The average Bonchev–Trinajstić information content (AvgIpc) is 3.36. The number of thiophene rings is 1. The third-order valence-electron chi connectivity index (χ3n) is 5.41. The van der Waals surface area contributed by atoms with Crippen molar-refractivity contribution in [3.05, 3.63) is 57.2 Å². The third-order valence-corrected chi connectivity index (χ3v) is 6.60. The first kappa shape index (κ1) is 26.6. The fourth-order valence-electron chi connectivity index (χ4n) is 3.28. The number of carbonyl (C=O) groups is 4. The Morgan fingerprint density at radius 1 is 1.06 bits per heavy atom. The first-order valence-corrected chi connectivity index (χ1v) is 11.9. The number of carbonyl (C=O) groups excluding carboxylic acids is 4. The molecule has 2 aromatic heterocycles. The lowest BCUT2D eigenvalue weighted by Gasteiger charge is -2.13. The molecule has 190 valence electrons. The van der Waals surface area contributed by atoms with Crippen molar-refractivity contribution in [2.75, 3.05) is 19.0 Å². The van der Waals surface area contributed by atoms with Crippen molar-refractivity contribution in [2.24, 2.45) is 0 Å². The Morgan fingerprint density at radius 3 is 2.28 bits per heavy atom. The molecule has 0 bridgehead atoms. The largest absolute Gasteiger partial charge is 0.465 e. The van der Waals surface area contributed by atoms with Gasteiger partial charge in [0.2, 0.25) is 0 Å². The summed E-state index contributed by atoms with van der Waals surface area (Å²) >= 11 is 0.884. The zero-order chi connectivity index (χ0) is 26.6. The van der Waals surface area contributed by atoms with E-state index in [0.29, 0.717) is 11.4 Å². The van der Waals surface area contributed by atoms with E-state index in [9.17, 15) is 19.2 Å². The summed E-state index contributed by atoms with van der Waals surface area (Å²) in [4.78, 5) is 57.7. The summed E-state index contributed by atoms with van der Waals surface area (Å²) in [6, 6.07) is 6.62. The van der Waals surface area contributed by atoms with Crippen molar-refractivity contribution in [3.8, 4) is 11.4 Å². The monoisotopic (exact) mass is 513 g/mol. The first-order valence-electron chi connectivity index (χ1n) is 11.1. The van der Waals surface area contributed by atoms with Gasteiger partial charge in [0.05, 0.1) is 30.5 Å². The Morgan fingerprint density at radius 2 is 1.72 bits per heavy atom. The van der Waals surface area contributed by atoms with Gasteiger partial charge in [0.15, 0.2) is 6.10 Å². The van der Waals surface area contributed by atoms with Crippen molar-refractivity contribution in [1.82, 2.24) is 9.97 Å². The molecule has 0 aliphatic heterocycles. The molecule has 36 heavy (non-hydrogen) atoms. The Labute approximate surface area is 212 Å². The van der Waals surface area contributed by atoms with Gasteiger partial charge in [0.25, 0.3) is 5.91 Å². The number of methoxy groups -OCH3 is 1. The molecule has 11 heteroatoms. The molecule has 2 heterocycles. The van der Waals surface area contributed by atoms with Gasteiger partial charge in [-0.05, 0) is 52.3 Å². The molecule has 2 N–H and O–H groups in total. The molecule has 1 unspecified atom stereocenters. The highest BCUT2D eigenvalue weighted by Crippen LogP contribution is 2.34. The van der Waals surface area contributed by atoms with Crippen LogP contribution in [0.3, 0.4) is 0 Å². The molecule has 0 saturated heterocycles. The number of imidazole rings is 1. The number of rotatable bonds is 8. The summed E-state index contributed by atoms with van der Waals surface area (Å²) in [7, 11) is 1.19. The summed E-state index contributed by atoms with van der Waals surface area (Å²) < 4.78 is 15.1. The highest BCUT2D eigenvalue weighted by Gasteiger charge is 2.29. The van der Waals surface area contributed by atoms with Gasteiger partial charge in [-0.25, -0.2) is 19.4 Å². The second kappa shape index (κ2) is 11.2. The number of nitrogens with one attached hydrogen (secondary N) is 2. The summed E-state index contributed by atoms with van der Waals surface area (Å²) in [6.07, 6.45) is -1.19. The quantitative estimate of drug-likeness (QED) is 0.338. The number of benzene rings is 1. The zero-order valence-electron chi connectivity index (χ0n) is 20.8. The minimum atomic E-state index is -1.19. The lowest BCUT2D eigenvalue weighted by molar-refractivity contribution is -0.123. The maximum atomic E-state index is 12.8. The Hall–Kier alpha value is -3.99. The minimum Gasteiger partial charge on any atom is -0.465 e. The van der Waals surface area contributed by atoms with Crippen molar-refractivity contribution >= 4 is 40.2 Å². The van der Waals surface area contributed by atoms with Gasteiger partial charge in [0.1, 0.15) is 15.7 Å². The number of aromatic amines is 1. The van der Waals surface area contributed by atoms with E-state index >= 15 is 0 Å². The Bertz CT molecular complexity index is 1290. The normalized spacial score (nSPS) is 11.5. The summed E-state index contributed by atoms with van der Waals surface area (Å²) in [6.45, 7) is 8.60. The molecular weight excluding hydrogens is 486 g/mol. The Kier molecular flexibility index (Phi) is 8.25. The number of H-pyrrole nitrogens is 1. The van der Waals surface area contributed by atoms with Crippen LogP contribution in [0.25, 0.3) is 11.4 Å².